The molecule has 0 aliphatic carbocycles. The number of ether oxygens (including phenoxy) is 1. The second-order valence-corrected chi connectivity index (χ2v) is 6.41. The molecule has 31 heavy (non-hydrogen) atoms. The van der Waals surface area contributed by atoms with Crippen LogP contribution in [0.5, 0.6) is 0 Å². The molecule has 0 saturated heterocycles. The Kier molecular flexibility index (Phi) is 7.26. The van der Waals surface area contributed by atoms with E-state index in [1.165, 1.54) is 0 Å². The lowest BCUT2D eigenvalue weighted by Crippen LogP contribution is -2.30. The van der Waals surface area contributed by atoms with Gasteiger partial charge in [-0.15, -0.1) is 0 Å². The van der Waals surface area contributed by atoms with E-state index in [4.69, 9.17) is 4.74 Å². The van der Waals surface area contributed by atoms with E-state index in [9.17, 15) is 14.4 Å². The third-order valence-corrected chi connectivity index (χ3v) is 4.20. The fourth-order valence-electron chi connectivity index (χ4n) is 2.67. The Morgan fingerprint density at radius 1 is 0.903 bits per heavy atom. The fourth-order valence-corrected chi connectivity index (χ4v) is 2.67. The Balaban J connectivity index is 1.80. The number of carbonyl (C=O) groups is 3. The maximum Gasteiger partial charge on any atom is 0.338 e. The first kappa shape index (κ1) is 21.4. The molecule has 0 radical (unpaired) electrons. The van der Waals surface area contributed by atoms with E-state index in [-0.39, 0.29) is 12.3 Å². The van der Waals surface area contributed by atoms with Gasteiger partial charge in [-0.2, -0.15) is 0 Å². The molecule has 2 aromatic carbocycles. The number of nitrogens with zero attached hydrogens (tertiary/aromatic N) is 1. The van der Waals surface area contributed by atoms with Crippen molar-refractivity contribution in [2.24, 2.45) is 0 Å². The number of amides is 2. The van der Waals surface area contributed by atoms with E-state index in [0.29, 0.717) is 22.4 Å². The number of hydrogen-bond donors (Lipinski definition) is 2. The number of aromatic nitrogens is 1. The van der Waals surface area contributed by atoms with Crippen molar-refractivity contribution in [1.29, 1.82) is 0 Å². The molecule has 0 aliphatic rings. The predicted octanol–water partition coefficient (Wildman–Crippen LogP) is 3.67. The molecule has 3 aromatic rings. The molecule has 0 saturated carbocycles. The lowest BCUT2D eigenvalue weighted by atomic mass is 10.1. The fraction of sp³-hybridized carbons (Fsp3) is 0.0833. The summed E-state index contributed by atoms with van der Waals surface area (Å²) in [5.41, 5.74) is 2.04. The zero-order valence-electron chi connectivity index (χ0n) is 16.9. The number of esters is 1. The Morgan fingerprint density at radius 3 is 2.23 bits per heavy atom. The second-order valence-electron chi connectivity index (χ2n) is 6.41. The first-order chi connectivity index (χ1) is 15.1. The number of benzene rings is 2. The van der Waals surface area contributed by atoms with Crippen molar-refractivity contribution in [1.82, 2.24) is 10.3 Å². The molecule has 7 nitrogen and oxygen atoms in total. The minimum atomic E-state index is -0.509. The summed E-state index contributed by atoms with van der Waals surface area (Å²) in [6.45, 7) is 2.01. The summed E-state index contributed by atoms with van der Waals surface area (Å²) in [6.07, 6.45) is 4.74. The van der Waals surface area contributed by atoms with Crippen LogP contribution in [0, 0.1) is 0 Å². The van der Waals surface area contributed by atoms with Gasteiger partial charge in [-0.05, 0) is 67.1 Å². The predicted molar refractivity (Wildman–Crippen MR) is 117 cm³/mol. The van der Waals surface area contributed by atoms with Gasteiger partial charge in [0.1, 0.15) is 5.70 Å². The number of carbonyl (C=O) groups excluding carboxylic acids is 3. The molecule has 7 heteroatoms. The summed E-state index contributed by atoms with van der Waals surface area (Å²) < 4.78 is 4.95. The van der Waals surface area contributed by atoms with Crippen molar-refractivity contribution in [3.63, 3.8) is 0 Å². The van der Waals surface area contributed by atoms with Crippen LogP contribution in [0.15, 0.2) is 84.8 Å². The van der Waals surface area contributed by atoms with E-state index in [1.54, 1.807) is 92.1 Å². The molecular formula is C24H21N3O4. The quantitative estimate of drug-likeness (QED) is 0.453. The third kappa shape index (κ3) is 6.11. The van der Waals surface area contributed by atoms with Crippen LogP contribution in [0.3, 0.4) is 0 Å². The van der Waals surface area contributed by atoms with Crippen molar-refractivity contribution in [2.45, 2.75) is 6.92 Å². The molecular weight excluding hydrogens is 394 g/mol. The molecule has 156 valence electrons. The Bertz CT molecular complexity index is 1080. The number of rotatable bonds is 7. The maximum absolute atomic E-state index is 12.9. The molecule has 0 atom stereocenters. The molecule has 3 rings (SSSR count). The molecule has 0 fully saturated rings. The normalized spacial score (nSPS) is 10.8. The van der Waals surface area contributed by atoms with Crippen molar-refractivity contribution >= 4 is 29.5 Å². The van der Waals surface area contributed by atoms with Crippen LogP contribution in [-0.4, -0.2) is 29.4 Å². The van der Waals surface area contributed by atoms with Crippen molar-refractivity contribution < 1.29 is 19.1 Å². The standard InChI is InChI=1S/C24H21N3O4/c1-2-31-24(30)19-8-10-20(11-9-19)26-23(29)21(16-17-12-14-25-15-13-17)27-22(28)18-6-4-3-5-7-18/h3-16H,2H2,1H3,(H,26,29)(H,27,28). The summed E-state index contributed by atoms with van der Waals surface area (Å²) >= 11 is 0. The van der Waals surface area contributed by atoms with Gasteiger partial charge in [0.25, 0.3) is 11.8 Å². The minimum Gasteiger partial charge on any atom is -0.462 e. The summed E-state index contributed by atoms with van der Waals surface area (Å²) in [7, 11) is 0. The van der Waals surface area contributed by atoms with Gasteiger partial charge in [0.05, 0.1) is 12.2 Å². The van der Waals surface area contributed by atoms with E-state index in [0.717, 1.165) is 0 Å². The van der Waals surface area contributed by atoms with Crippen molar-refractivity contribution in [2.75, 3.05) is 11.9 Å². The molecule has 1 heterocycles. The summed E-state index contributed by atoms with van der Waals surface area (Å²) in [6, 6.07) is 18.3. The summed E-state index contributed by atoms with van der Waals surface area (Å²) in [5, 5.41) is 5.39. The van der Waals surface area contributed by atoms with Gasteiger partial charge >= 0.3 is 5.97 Å². The van der Waals surface area contributed by atoms with E-state index in [2.05, 4.69) is 15.6 Å². The highest BCUT2D eigenvalue weighted by atomic mass is 16.5. The Labute approximate surface area is 179 Å². The molecule has 0 aliphatic heterocycles. The zero-order valence-corrected chi connectivity index (χ0v) is 16.9. The highest BCUT2D eigenvalue weighted by molar-refractivity contribution is 6.10. The first-order valence-corrected chi connectivity index (χ1v) is 9.63. The monoisotopic (exact) mass is 415 g/mol. The number of hydrogen-bond acceptors (Lipinski definition) is 5. The van der Waals surface area contributed by atoms with E-state index >= 15 is 0 Å². The van der Waals surface area contributed by atoms with E-state index in [1.807, 2.05) is 0 Å². The lowest BCUT2D eigenvalue weighted by molar-refractivity contribution is -0.113. The minimum absolute atomic E-state index is 0.0644. The topological polar surface area (TPSA) is 97.4 Å². The van der Waals surface area contributed by atoms with Gasteiger partial charge in [-0.3, -0.25) is 14.6 Å². The molecule has 2 amide bonds. The highest BCUT2D eigenvalue weighted by Gasteiger charge is 2.15. The van der Waals surface area contributed by atoms with Gasteiger partial charge in [0.15, 0.2) is 0 Å². The molecule has 0 spiro atoms. The average molecular weight is 415 g/mol. The van der Waals surface area contributed by atoms with Gasteiger partial charge in [-0.25, -0.2) is 4.79 Å². The third-order valence-electron chi connectivity index (χ3n) is 4.20. The van der Waals surface area contributed by atoms with Crippen LogP contribution >= 0.6 is 0 Å². The lowest BCUT2D eigenvalue weighted by Gasteiger charge is -2.12. The van der Waals surface area contributed by atoms with Crippen LogP contribution < -0.4 is 10.6 Å². The van der Waals surface area contributed by atoms with Crippen LogP contribution in [0.25, 0.3) is 6.08 Å². The van der Waals surface area contributed by atoms with Gasteiger partial charge in [0.2, 0.25) is 0 Å². The molecule has 1 aromatic heterocycles. The van der Waals surface area contributed by atoms with Crippen LogP contribution in [-0.2, 0) is 9.53 Å². The van der Waals surface area contributed by atoms with Gasteiger partial charge in [-0.1, -0.05) is 18.2 Å². The highest BCUT2D eigenvalue weighted by Crippen LogP contribution is 2.13. The molecule has 2 N–H and O–H groups in total. The zero-order chi connectivity index (χ0) is 22.1. The van der Waals surface area contributed by atoms with Crippen LogP contribution in [0.4, 0.5) is 5.69 Å². The first-order valence-electron chi connectivity index (χ1n) is 9.63. The van der Waals surface area contributed by atoms with E-state index < -0.39 is 17.8 Å². The SMILES string of the molecule is CCOC(=O)c1ccc(NC(=O)C(=Cc2ccncc2)NC(=O)c2ccccc2)cc1. The molecule has 0 bridgehead atoms. The second kappa shape index (κ2) is 10.5. The maximum atomic E-state index is 12.9. The summed E-state index contributed by atoms with van der Waals surface area (Å²) in [4.78, 5) is 41.2. The Hall–Kier alpha value is -4.26. The smallest absolute Gasteiger partial charge is 0.338 e. The van der Waals surface area contributed by atoms with Gasteiger partial charge in [0, 0.05) is 23.6 Å². The van der Waals surface area contributed by atoms with Crippen LogP contribution in [0.1, 0.15) is 33.2 Å². The number of anilines is 1. The largest absolute Gasteiger partial charge is 0.462 e. The van der Waals surface area contributed by atoms with Crippen molar-refractivity contribution in [3.05, 3.63) is 102 Å². The van der Waals surface area contributed by atoms with Crippen LogP contribution in [0.2, 0.25) is 0 Å². The Morgan fingerprint density at radius 2 is 1.58 bits per heavy atom. The number of nitrogens with one attached hydrogen (secondary N) is 2. The van der Waals surface area contributed by atoms with Crippen molar-refractivity contribution in [3.8, 4) is 0 Å². The number of pyridine rings is 1. The average Bonchev–Trinajstić information content (AvgIpc) is 2.80. The van der Waals surface area contributed by atoms with Gasteiger partial charge < -0.3 is 15.4 Å². The molecule has 0 unspecified atom stereocenters. The summed E-state index contributed by atoms with van der Waals surface area (Å²) in [5.74, 6) is -1.35.